The fraction of sp³-hybridized carbons (Fsp3) is 0.515. The van der Waals surface area contributed by atoms with Gasteiger partial charge in [0.2, 0.25) is 5.43 Å². The molecule has 1 aliphatic heterocycles. The number of benzene rings is 1. The first-order valence-electron chi connectivity index (χ1n) is 17.0. The average molecular weight is 796 g/mol. The molecular formula is C33H42FN7O11S2. The van der Waals surface area contributed by atoms with Gasteiger partial charge in [0.1, 0.15) is 43.9 Å². The van der Waals surface area contributed by atoms with Gasteiger partial charge in [-0.2, -0.15) is 0 Å². The number of rotatable bonds is 18. The predicted octanol–water partition coefficient (Wildman–Crippen LogP) is 4.00. The molecule has 3 aromatic rings. The Balaban J connectivity index is 1.04. The molecule has 0 radical (unpaired) electrons. The van der Waals surface area contributed by atoms with Crippen LogP contribution in [0.1, 0.15) is 35.9 Å². The van der Waals surface area contributed by atoms with Crippen LogP contribution in [-0.4, -0.2) is 129 Å². The van der Waals surface area contributed by atoms with E-state index in [0.29, 0.717) is 62.0 Å². The molecule has 294 valence electrons. The van der Waals surface area contributed by atoms with Gasteiger partial charge in [0.05, 0.1) is 11.2 Å². The van der Waals surface area contributed by atoms with Crippen LogP contribution in [0.25, 0.3) is 10.9 Å². The lowest BCUT2D eigenvalue weighted by Crippen LogP contribution is -2.49. The number of pyridine rings is 1. The van der Waals surface area contributed by atoms with Crippen molar-refractivity contribution in [1.82, 2.24) is 23.9 Å². The number of aromatic nitrogens is 3. The standard InChI is InChI=1S/C33H42FN7O11S2/c1-4-37-21-24(31(44)45)30(43)23-18-25(34)27(19-26(23)37)38-8-10-39(11-9-38)33(47)52-15-17-54-53-16-14-50-29(42)6-5-7-36(3)32(46)51-13-12-40-22(2)35-20-28(40)41(48)49/h18-21H,4-17H2,1-3H3,(H,44,45). The number of carboxylic acids is 1. The number of aromatic carboxylic acids is 1. The molecule has 18 nitrogen and oxygen atoms in total. The number of halogens is 1. The second kappa shape index (κ2) is 19.9. The Labute approximate surface area is 317 Å². The van der Waals surface area contributed by atoms with E-state index in [-0.39, 0.29) is 56.2 Å². The lowest BCUT2D eigenvalue weighted by Gasteiger charge is -2.35. The third-order valence-electron chi connectivity index (χ3n) is 8.45. The molecular weight excluding hydrogens is 754 g/mol. The third-order valence-corrected chi connectivity index (χ3v) is 10.8. The van der Waals surface area contributed by atoms with Crippen molar-refractivity contribution < 1.29 is 47.8 Å². The molecule has 1 aromatic carbocycles. The van der Waals surface area contributed by atoms with Crippen molar-refractivity contribution in [3.05, 3.63) is 62.1 Å². The summed E-state index contributed by atoms with van der Waals surface area (Å²) in [6.07, 6.45) is 1.77. The fourth-order valence-corrected chi connectivity index (χ4v) is 7.24. The van der Waals surface area contributed by atoms with Crippen molar-refractivity contribution in [3.63, 3.8) is 0 Å². The van der Waals surface area contributed by atoms with Crippen LogP contribution >= 0.6 is 21.6 Å². The number of amides is 2. The number of nitrogens with zero attached hydrogens (tertiary/aromatic N) is 7. The molecule has 1 N–H and O–H groups in total. The molecule has 4 rings (SSSR count). The Kier molecular flexibility index (Phi) is 15.3. The van der Waals surface area contributed by atoms with Crippen LogP contribution in [0.3, 0.4) is 0 Å². The van der Waals surface area contributed by atoms with Crippen LogP contribution in [0.5, 0.6) is 0 Å². The van der Waals surface area contributed by atoms with Gasteiger partial charge in [0.25, 0.3) is 0 Å². The molecule has 0 saturated carbocycles. The van der Waals surface area contributed by atoms with Crippen LogP contribution in [0.2, 0.25) is 0 Å². The number of carbonyl (C=O) groups is 4. The first-order chi connectivity index (χ1) is 25.8. The zero-order valence-corrected chi connectivity index (χ0v) is 31.7. The van der Waals surface area contributed by atoms with Crippen molar-refractivity contribution in [1.29, 1.82) is 0 Å². The summed E-state index contributed by atoms with van der Waals surface area (Å²) in [6, 6.07) is 2.62. The summed E-state index contributed by atoms with van der Waals surface area (Å²) in [4.78, 5) is 80.0. The second-order valence-electron chi connectivity index (χ2n) is 11.9. The van der Waals surface area contributed by atoms with Crippen LogP contribution in [-0.2, 0) is 32.1 Å². The molecule has 0 spiro atoms. The van der Waals surface area contributed by atoms with Gasteiger partial charge < -0.3 is 48.7 Å². The van der Waals surface area contributed by atoms with Gasteiger partial charge in [0.15, 0.2) is 5.82 Å². The summed E-state index contributed by atoms with van der Waals surface area (Å²) in [5.74, 6) is -1.16. The molecule has 21 heteroatoms. The number of piperazine rings is 1. The Bertz CT molecular complexity index is 1900. The number of esters is 1. The quantitative estimate of drug-likeness (QED) is 0.0482. The van der Waals surface area contributed by atoms with Crippen molar-refractivity contribution >= 4 is 68.1 Å². The minimum atomic E-state index is -1.37. The van der Waals surface area contributed by atoms with Gasteiger partial charge in [-0.15, -0.1) is 0 Å². The Morgan fingerprint density at radius 3 is 2.39 bits per heavy atom. The summed E-state index contributed by atoms with van der Waals surface area (Å²) in [6.45, 7) is 5.65. The number of anilines is 1. The number of ether oxygens (including phenoxy) is 3. The summed E-state index contributed by atoms with van der Waals surface area (Å²) >= 11 is 0. The van der Waals surface area contributed by atoms with E-state index < -0.39 is 45.9 Å². The topological polar surface area (TPSA) is 209 Å². The number of hydrogen-bond donors (Lipinski definition) is 1. The number of hydrogen-bond acceptors (Lipinski definition) is 14. The van der Waals surface area contributed by atoms with Crippen LogP contribution in [0.4, 0.5) is 25.5 Å². The number of imidazole rings is 1. The van der Waals surface area contributed by atoms with E-state index in [1.165, 1.54) is 49.2 Å². The molecule has 1 aliphatic rings. The van der Waals surface area contributed by atoms with Gasteiger partial charge in [-0.3, -0.25) is 9.59 Å². The minimum absolute atomic E-state index is 0.00983. The Morgan fingerprint density at radius 1 is 1.06 bits per heavy atom. The number of carboxylic acid groups (broad SMARTS) is 1. The van der Waals surface area contributed by atoms with E-state index in [9.17, 15) is 39.2 Å². The molecule has 2 aromatic heterocycles. The SMILES string of the molecule is CCn1cc(C(=O)O)c(=O)c2cc(F)c(N3CCN(C(=O)OCCSSCCOC(=O)CCCN(C)C(=O)OCCn4c([N+](=O)[O-])cnc4C)CC3)cc21. The molecule has 0 aliphatic carbocycles. The lowest BCUT2D eigenvalue weighted by atomic mass is 10.1. The maximum Gasteiger partial charge on any atom is 0.409 e. The zero-order chi connectivity index (χ0) is 39.4. The van der Waals surface area contributed by atoms with Crippen LogP contribution in [0.15, 0.2) is 29.3 Å². The van der Waals surface area contributed by atoms with Crippen molar-refractivity contribution in [2.24, 2.45) is 0 Å². The zero-order valence-electron chi connectivity index (χ0n) is 30.1. The normalized spacial score (nSPS) is 12.8. The van der Waals surface area contributed by atoms with Gasteiger partial charge in [-0.25, -0.2) is 28.3 Å². The van der Waals surface area contributed by atoms with E-state index in [2.05, 4.69) is 4.98 Å². The van der Waals surface area contributed by atoms with E-state index in [1.54, 1.807) is 29.4 Å². The van der Waals surface area contributed by atoms with Crippen molar-refractivity contribution in [2.45, 2.75) is 39.8 Å². The highest BCUT2D eigenvalue weighted by Gasteiger charge is 2.26. The number of fused-ring (bicyclic) bond motifs is 1. The van der Waals surface area contributed by atoms with Gasteiger partial charge in [-0.05, 0) is 30.4 Å². The maximum absolute atomic E-state index is 15.2. The molecule has 0 atom stereocenters. The summed E-state index contributed by atoms with van der Waals surface area (Å²) < 4.78 is 33.9. The van der Waals surface area contributed by atoms with E-state index >= 15 is 4.39 Å². The minimum Gasteiger partial charge on any atom is -0.477 e. The number of nitro groups is 1. The number of carbonyl (C=O) groups excluding carboxylic acids is 3. The van der Waals surface area contributed by atoms with Crippen LogP contribution in [0, 0.1) is 22.9 Å². The van der Waals surface area contributed by atoms with E-state index in [4.69, 9.17) is 14.2 Å². The van der Waals surface area contributed by atoms with Crippen LogP contribution < -0.4 is 10.3 Å². The average Bonchev–Trinajstić information content (AvgIpc) is 3.52. The van der Waals surface area contributed by atoms with Crippen molar-refractivity contribution in [3.8, 4) is 0 Å². The molecule has 0 unspecified atom stereocenters. The fourth-order valence-electron chi connectivity index (χ4n) is 5.58. The monoisotopic (exact) mass is 795 g/mol. The van der Waals surface area contributed by atoms with Gasteiger partial charge in [0, 0.05) is 82.7 Å². The molecule has 1 fully saturated rings. The number of aryl methyl sites for hydroxylation is 2. The Hall–Kier alpha value is -5.05. The first-order valence-corrected chi connectivity index (χ1v) is 19.5. The highest BCUT2D eigenvalue weighted by Crippen LogP contribution is 2.27. The van der Waals surface area contributed by atoms with Gasteiger partial charge in [-0.1, -0.05) is 21.6 Å². The summed E-state index contributed by atoms with van der Waals surface area (Å²) in [7, 11) is 4.44. The molecule has 2 amide bonds. The summed E-state index contributed by atoms with van der Waals surface area (Å²) in [5, 5.41) is 20.4. The van der Waals surface area contributed by atoms with E-state index in [1.807, 2.05) is 0 Å². The highest BCUT2D eigenvalue weighted by molar-refractivity contribution is 8.76. The molecule has 0 bridgehead atoms. The smallest absolute Gasteiger partial charge is 0.409 e. The summed E-state index contributed by atoms with van der Waals surface area (Å²) in [5.41, 5.74) is -0.483. The maximum atomic E-state index is 15.2. The predicted molar refractivity (Wildman–Crippen MR) is 199 cm³/mol. The lowest BCUT2D eigenvalue weighted by molar-refractivity contribution is -0.392. The Morgan fingerprint density at radius 2 is 1.74 bits per heavy atom. The highest BCUT2D eigenvalue weighted by atomic mass is 33.1. The largest absolute Gasteiger partial charge is 0.477 e. The molecule has 1 saturated heterocycles. The van der Waals surface area contributed by atoms with E-state index in [0.717, 1.165) is 12.3 Å². The molecule has 54 heavy (non-hydrogen) atoms. The first kappa shape index (κ1) is 41.7. The molecule has 3 heterocycles. The second-order valence-corrected chi connectivity index (χ2v) is 14.7. The third kappa shape index (κ3) is 11.0. The van der Waals surface area contributed by atoms with Gasteiger partial charge >= 0.3 is 29.9 Å². The van der Waals surface area contributed by atoms with Crippen molar-refractivity contribution in [2.75, 3.05) is 76.0 Å².